The summed E-state index contributed by atoms with van der Waals surface area (Å²) in [6.45, 7) is 5.52. The third-order valence-electron chi connectivity index (χ3n) is 5.17. The number of hydrogen-bond acceptors (Lipinski definition) is 5. The molecule has 0 unspecified atom stereocenters. The maximum Gasteiger partial charge on any atom is 0.414 e. The van der Waals surface area contributed by atoms with Gasteiger partial charge in [0.15, 0.2) is 5.88 Å². The summed E-state index contributed by atoms with van der Waals surface area (Å²) < 4.78 is 5.32. The number of carbonyl (C=O) groups excluding carboxylic acids is 1. The molecule has 168 valence electrons. The molecular weight excluding hydrogens is 416 g/mol. The molecule has 7 nitrogen and oxygen atoms in total. The van der Waals surface area contributed by atoms with Crippen LogP contribution in [0.25, 0.3) is 10.9 Å². The predicted molar refractivity (Wildman–Crippen MR) is 131 cm³/mol. The van der Waals surface area contributed by atoms with Gasteiger partial charge in [-0.2, -0.15) is 0 Å². The lowest BCUT2D eigenvalue weighted by Gasteiger charge is -2.19. The van der Waals surface area contributed by atoms with E-state index in [0.717, 1.165) is 27.8 Å². The summed E-state index contributed by atoms with van der Waals surface area (Å²) in [5.41, 5.74) is 4.95. The molecule has 0 saturated heterocycles. The molecule has 33 heavy (non-hydrogen) atoms. The molecule has 7 heteroatoms. The Hall–Kier alpha value is -4.13. The van der Waals surface area contributed by atoms with E-state index in [1.807, 2.05) is 61.5 Å². The molecule has 0 aliphatic heterocycles. The lowest BCUT2D eigenvalue weighted by atomic mass is 10.0. The van der Waals surface area contributed by atoms with Crippen LogP contribution in [0.1, 0.15) is 30.7 Å². The molecule has 0 aliphatic rings. The van der Waals surface area contributed by atoms with Crippen LogP contribution in [0.3, 0.4) is 0 Å². The van der Waals surface area contributed by atoms with Crippen molar-refractivity contribution in [1.29, 1.82) is 0 Å². The fourth-order valence-corrected chi connectivity index (χ4v) is 3.59. The molecule has 0 bridgehead atoms. The Labute approximate surface area is 192 Å². The normalized spacial score (nSPS) is 11.7. The van der Waals surface area contributed by atoms with Gasteiger partial charge in [-0.25, -0.2) is 9.79 Å². The zero-order valence-corrected chi connectivity index (χ0v) is 19.0. The summed E-state index contributed by atoms with van der Waals surface area (Å²) in [4.78, 5) is 26.0. The summed E-state index contributed by atoms with van der Waals surface area (Å²) in [5, 5.41) is 11.6. The maximum absolute atomic E-state index is 12.4. The van der Waals surface area contributed by atoms with Crippen LogP contribution in [-0.4, -0.2) is 40.0 Å². The highest BCUT2D eigenvalue weighted by atomic mass is 16.6. The van der Waals surface area contributed by atoms with Crippen molar-refractivity contribution in [1.82, 2.24) is 9.97 Å². The smallest absolute Gasteiger partial charge is 0.414 e. The quantitative estimate of drug-likeness (QED) is 0.386. The second-order valence-corrected chi connectivity index (χ2v) is 8.05. The Morgan fingerprint density at radius 1 is 1.12 bits per heavy atom. The fourth-order valence-electron chi connectivity index (χ4n) is 3.59. The van der Waals surface area contributed by atoms with Gasteiger partial charge in [-0.05, 0) is 51.1 Å². The first-order valence-electron chi connectivity index (χ1n) is 10.7. The van der Waals surface area contributed by atoms with E-state index in [0.29, 0.717) is 17.0 Å². The fraction of sp³-hybridized carbons (Fsp3) is 0.192. The van der Waals surface area contributed by atoms with Crippen LogP contribution in [0.2, 0.25) is 0 Å². The Kier molecular flexibility index (Phi) is 6.13. The number of carbonyl (C=O) groups is 1. The van der Waals surface area contributed by atoms with E-state index in [1.54, 1.807) is 33.2 Å². The minimum Gasteiger partial charge on any atom is -0.494 e. The van der Waals surface area contributed by atoms with E-state index in [2.05, 4.69) is 9.97 Å². The van der Waals surface area contributed by atoms with Crippen LogP contribution in [0.15, 0.2) is 71.9 Å². The van der Waals surface area contributed by atoms with Crippen molar-refractivity contribution in [3.05, 3.63) is 83.7 Å². The van der Waals surface area contributed by atoms with Gasteiger partial charge in [0.25, 0.3) is 0 Å². The van der Waals surface area contributed by atoms with E-state index in [4.69, 9.17) is 9.73 Å². The number of aromatic nitrogens is 2. The third-order valence-corrected chi connectivity index (χ3v) is 5.17. The van der Waals surface area contributed by atoms with E-state index in [1.165, 1.54) is 4.90 Å². The number of pyridine rings is 1. The number of hydrogen-bond donors (Lipinski definition) is 2. The molecule has 0 aliphatic carbocycles. The zero-order valence-electron chi connectivity index (χ0n) is 19.0. The standard InChI is InChI=1S/C26H26N4O3/c1-16(2)33-26(32)30(4)20-10-11-22-21(15-20)23(25(31)29-22)24(18-8-6-5-7-9-18)28-19-12-13-27-17(3)14-19/h5-16,29,31H,1-4H3. The summed E-state index contributed by atoms with van der Waals surface area (Å²) in [7, 11) is 1.66. The van der Waals surface area contributed by atoms with Crippen molar-refractivity contribution >= 4 is 34.1 Å². The highest BCUT2D eigenvalue weighted by molar-refractivity contribution is 6.22. The third kappa shape index (κ3) is 4.72. The molecule has 1 amide bonds. The number of aromatic hydroxyl groups is 1. The van der Waals surface area contributed by atoms with Gasteiger partial charge in [0.1, 0.15) is 0 Å². The van der Waals surface area contributed by atoms with Crippen molar-refractivity contribution in [3.8, 4) is 5.88 Å². The van der Waals surface area contributed by atoms with Gasteiger partial charge in [0, 0.05) is 41.1 Å². The second-order valence-electron chi connectivity index (χ2n) is 8.05. The number of H-pyrrole nitrogens is 1. The van der Waals surface area contributed by atoms with Gasteiger partial charge in [0.05, 0.1) is 23.1 Å². The monoisotopic (exact) mass is 442 g/mol. The highest BCUT2D eigenvalue weighted by Crippen LogP contribution is 2.34. The number of anilines is 1. The molecule has 2 aromatic heterocycles. The van der Waals surface area contributed by atoms with Crippen molar-refractivity contribution in [2.45, 2.75) is 26.9 Å². The largest absolute Gasteiger partial charge is 0.494 e. The molecule has 0 saturated carbocycles. The Morgan fingerprint density at radius 3 is 2.58 bits per heavy atom. The minimum atomic E-state index is -0.449. The van der Waals surface area contributed by atoms with Gasteiger partial charge in [-0.1, -0.05) is 30.3 Å². The van der Waals surface area contributed by atoms with Crippen molar-refractivity contribution in [2.24, 2.45) is 4.99 Å². The summed E-state index contributed by atoms with van der Waals surface area (Å²) in [6, 6.07) is 18.9. The topological polar surface area (TPSA) is 90.8 Å². The average Bonchev–Trinajstić information content (AvgIpc) is 3.12. The number of amides is 1. The lowest BCUT2D eigenvalue weighted by molar-refractivity contribution is 0.124. The number of ether oxygens (including phenoxy) is 1. The number of fused-ring (bicyclic) bond motifs is 1. The van der Waals surface area contributed by atoms with Gasteiger partial charge in [-0.3, -0.25) is 9.88 Å². The molecule has 0 atom stereocenters. The molecule has 0 fully saturated rings. The van der Waals surface area contributed by atoms with Gasteiger partial charge >= 0.3 is 6.09 Å². The molecule has 0 spiro atoms. The average molecular weight is 443 g/mol. The number of aliphatic imine (C=N–C) groups is 1. The maximum atomic E-state index is 12.4. The minimum absolute atomic E-state index is 0.00272. The predicted octanol–water partition coefficient (Wildman–Crippen LogP) is 5.73. The first kappa shape index (κ1) is 22.1. The second kappa shape index (κ2) is 9.16. The Bertz CT molecular complexity index is 1330. The number of nitrogens with one attached hydrogen (secondary N) is 1. The van der Waals surface area contributed by atoms with Crippen LogP contribution >= 0.6 is 0 Å². The first-order valence-corrected chi connectivity index (χ1v) is 10.7. The molecule has 4 rings (SSSR count). The van der Waals surface area contributed by atoms with Crippen molar-refractivity contribution < 1.29 is 14.6 Å². The molecule has 2 aromatic carbocycles. The first-order chi connectivity index (χ1) is 15.8. The summed E-state index contributed by atoms with van der Waals surface area (Å²) in [5.74, 6) is 0.00272. The number of aryl methyl sites for hydroxylation is 1. The van der Waals surface area contributed by atoms with Crippen LogP contribution in [0, 0.1) is 6.92 Å². The SMILES string of the molecule is Cc1cc(N=C(c2ccccc2)c2c(O)[nH]c3ccc(N(C)C(=O)OC(C)C)cc23)ccn1. The molecule has 4 aromatic rings. The molecular formula is C26H26N4O3. The van der Waals surface area contributed by atoms with Crippen molar-refractivity contribution in [3.63, 3.8) is 0 Å². The highest BCUT2D eigenvalue weighted by Gasteiger charge is 2.21. The van der Waals surface area contributed by atoms with Crippen LogP contribution in [-0.2, 0) is 4.74 Å². The van der Waals surface area contributed by atoms with Crippen LogP contribution in [0.5, 0.6) is 5.88 Å². The molecule has 2 N–H and O–H groups in total. The lowest BCUT2D eigenvalue weighted by Crippen LogP contribution is -2.29. The zero-order chi connectivity index (χ0) is 23.5. The summed E-state index contributed by atoms with van der Waals surface area (Å²) >= 11 is 0. The van der Waals surface area contributed by atoms with Crippen LogP contribution in [0.4, 0.5) is 16.2 Å². The van der Waals surface area contributed by atoms with E-state index >= 15 is 0 Å². The van der Waals surface area contributed by atoms with E-state index in [-0.39, 0.29) is 12.0 Å². The van der Waals surface area contributed by atoms with Gasteiger partial charge < -0.3 is 14.8 Å². The molecule has 2 heterocycles. The molecule has 0 radical (unpaired) electrons. The summed E-state index contributed by atoms with van der Waals surface area (Å²) in [6.07, 6.45) is 1.03. The number of rotatable bonds is 5. The Balaban J connectivity index is 1.89. The number of benzene rings is 2. The van der Waals surface area contributed by atoms with Crippen LogP contribution < -0.4 is 4.90 Å². The van der Waals surface area contributed by atoms with Gasteiger partial charge in [-0.15, -0.1) is 0 Å². The van der Waals surface area contributed by atoms with E-state index in [9.17, 15) is 9.90 Å². The Morgan fingerprint density at radius 2 is 1.88 bits per heavy atom. The van der Waals surface area contributed by atoms with E-state index < -0.39 is 6.09 Å². The van der Waals surface area contributed by atoms with Crippen molar-refractivity contribution in [2.75, 3.05) is 11.9 Å². The number of aromatic amines is 1. The number of nitrogens with zero attached hydrogens (tertiary/aromatic N) is 3. The van der Waals surface area contributed by atoms with Gasteiger partial charge in [0.2, 0.25) is 0 Å².